The van der Waals surface area contributed by atoms with Crippen LogP contribution in [0.3, 0.4) is 0 Å². The van der Waals surface area contributed by atoms with Gasteiger partial charge in [0.2, 0.25) is 0 Å². The Balaban J connectivity index is 3.01. The lowest BCUT2D eigenvalue weighted by Gasteiger charge is -2.06. The summed E-state index contributed by atoms with van der Waals surface area (Å²) in [6, 6.07) is 0. The first-order valence-electron chi connectivity index (χ1n) is 7.01. The van der Waals surface area contributed by atoms with Crippen LogP contribution < -0.4 is 0 Å². The van der Waals surface area contributed by atoms with Crippen molar-refractivity contribution >= 4 is 15.0 Å². The molecule has 0 saturated carbocycles. The first kappa shape index (κ1) is 17.2. The first-order valence-corrected chi connectivity index (χ1v) is 9.03. The van der Waals surface area contributed by atoms with Crippen molar-refractivity contribution in [1.82, 2.24) is 0 Å². The number of hydrogen-bond donors (Lipinski definition) is 1. The van der Waals surface area contributed by atoms with Gasteiger partial charge in [0, 0.05) is 0 Å². The van der Waals surface area contributed by atoms with Gasteiger partial charge >= 0.3 is 0 Å². The molecule has 0 fully saturated rings. The lowest BCUT2D eigenvalue weighted by Crippen LogP contribution is -1.92. The molecule has 0 aromatic heterocycles. The second-order valence-corrected chi connectivity index (χ2v) is 6.68. The van der Waals surface area contributed by atoms with Crippen LogP contribution in [0, 0.1) is 0 Å². The van der Waals surface area contributed by atoms with E-state index >= 15 is 0 Å². The molecule has 0 heterocycles. The molecule has 0 amide bonds. The van der Waals surface area contributed by atoms with Crippen molar-refractivity contribution in [3.63, 3.8) is 0 Å². The van der Waals surface area contributed by atoms with E-state index in [1.54, 1.807) is 0 Å². The average molecular weight is 262 g/mol. The van der Waals surface area contributed by atoms with Gasteiger partial charge in [-0.1, -0.05) is 64.7 Å². The Labute approximate surface area is 107 Å². The predicted molar refractivity (Wildman–Crippen MR) is 76.2 cm³/mol. The zero-order valence-corrected chi connectivity index (χ0v) is 12.4. The molecule has 0 aliphatic rings. The van der Waals surface area contributed by atoms with Crippen LogP contribution in [-0.4, -0.2) is 19.1 Å². The normalized spacial score (nSPS) is 14.7. The van der Waals surface area contributed by atoms with Gasteiger partial charge in [0.25, 0.3) is 15.0 Å². The third kappa shape index (κ3) is 16.2. The predicted octanol–water partition coefficient (Wildman–Crippen LogP) is 3.66. The minimum Gasteiger partial charge on any atom is -0.333 e. The lowest BCUT2D eigenvalue weighted by molar-refractivity contribution is 0.266. The van der Waals surface area contributed by atoms with E-state index in [0.29, 0.717) is 6.61 Å². The van der Waals surface area contributed by atoms with Crippen LogP contribution >= 0.6 is 7.47 Å². The molecule has 102 valence electrons. The zero-order chi connectivity index (χ0) is 13.0. The van der Waals surface area contributed by atoms with E-state index in [0.717, 1.165) is 12.8 Å². The minimum absolute atomic E-state index is 0.417. The summed E-state index contributed by atoms with van der Waals surface area (Å²) in [5.74, 6) is 0. The Bertz CT molecular complexity index is 206. The standard InChI is InChI=1S/C12H28BO3P/c1-2-3-4-5-6-7-8-9-10-11-12-16-17(13,14)15/h2-13H2,1H3,(H,14,15). The Morgan fingerprint density at radius 1 is 0.941 bits per heavy atom. The van der Waals surface area contributed by atoms with Crippen molar-refractivity contribution < 1.29 is 14.0 Å². The summed E-state index contributed by atoms with van der Waals surface area (Å²) in [4.78, 5) is 8.89. The summed E-state index contributed by atoms with van der Waals surface area (Å²) in [6.45, 7) is 2.66. The first-order chi connectivity index (χ1) is 8.06. The Morgan fingerprint density at radius 2 is 1.35 bits per heavy atom. The van der Waals surface area contributed by atoms with E-state index in [4.69, 9.17) is 9.42 Å². The molecule has 0 saturated heterocycles. The Hall–Kier alpha value is 0.215. The molecule has 1 N–H and O–H groups in total. The van der Waals surface area contributed by atoms with Crippen molar-refractivity contribution in [1.29, 1.82) is 0 Å². The molecule has 0 aliphatic heterocycles. The highest BCUT2D eigenvalue weighted by Gasteiger charge is 2.07. The van der Waals surface area contributed by atoms with Crippen LogP contribution in [0.25, 0.3) is 0 Å². The van der Waals surface area contributed by atoms with Gasteiger partial charge in [-0.3, -0.25) is 4.57 Å². The summed E-state index contributed by atoms with van der Waals surface area (Å²) in [6.07, 6.45) is 12.6. The van der Waals surface area contributed by atoms with Crippen molar-refractivity contribution in [3.05, 3.63) is 0 Å². The van der Waals surface area contributed by atoms with Gasteiger partial charge < -0.3 is 9.42 Å². The summed E-state index contributed by atoms with van der Waals surface area (Å²) < 4.78 is 15.6. The van der Waals surface area contributed by atoms with Crippen LogP contribution in [-0.2, 0) is 9.09 Å². The Kier molecular flexibility index (Phi) is 11.5. The molecule has 0 aromatic rings. The topological polar surface area (TPSA) is 46.5 Å². The molecule has 17 heavy (non-hydrogen) atoms. The van der Waals surface area contributed by atoms with E-state index in [9.17, 15) is 4.57 Å². The van der Waals surface area contributed by atoms with Crippen molar-refractivity contribution in [2.24, 2.45) is 0 Å². The summed E-state index contributed by atoms with van der Waals surface area (Å²) >= 11 is 0. The van der Waals surface area contributed by atoms with Gasteiger partial charge in [0.05, 0.1) is 6.61 Å². The molecular weight excluding hydrogens is 234 g/mol. The fourth-order valence-corrected chi connectivity index (χ4v) is 2.29. The molecule has 1 atom stereocenters. The lowest BCUT2D eigenvalue weighted by atomic mass is 10.1. The van der Waals surface area contributed by atoms with E-state index in [2.05, 4.69) is 6.92 Å². The quantitative estimate of drug-likeness (QED) is 0.331. The third-order valence-corrected chi connectivity index (χ3v) is 3.49. The number of unbranched alkanes of at least 4 members (excludes halogenated alkanes) is 9. The van der Waals surface area contributed by atoms with Gasteiger partial charge in [-0.15, -0.1) is 0 Å². The minimum atomic E-state index is -3.24. The molecule has 0 aromatic carbocycles. The van der Waals surface area contributed by atoms with Gasteiger partial charge in [0.1, 0.15) is 0 Å². The monoisotopic (exact) mass is 262 g/mol. The molecule has 3 nitrogen and oxygen atoms in total. The maximum Gasteiger partial charge on any atom is 0.268 e. The fourth-order valence-electron chi connectivity index (χ4n) is 1.82. The van der Waals surface area contributed by atoms with Gasteiger partial charge in [-0.25, -0.2) is 0 Å². The highest BCUT2D eigenvalue weighted by atomic mass is 31.2. The molecule has 0 rings (SSSR count). The van der Waals surface area contributed by atoms with Crippen LogP contribution in [0.5, 0.6) is 0 Å². The van der Waals surface area contributed by atoms with Gasteiger partial charge in [-0.05, 0) is 6.42 Å². The van der Waals surface area contributed by atoms with Crippen LogP contribution in [0.2, 0.25) is 0 Å². The Morgan fingerprint density at radius 3 is 1.76 bits per heavy atom. The molecule has 0 aliphatic carbocycles. The number of hydrogen-bond acceptors (Lipinski definition) is 2. The van der Waals surface area contributed by atoms with Crippen molar-refractivity contribution in [2.75, 3.05) is 6.61 Å². The molecule has 0 radical (unpaired) electrons. The average Bonchev–Trinajstić information content (AvgIpc) is 2.24. The van der Waals surface area contributed by atoms with Crippen molar-refractivity contribution in [2.45, 2.75) is 71.1 Å². The van der Waals surface area contributed by atoms with E-state index < -0.39 is 7.47 Å². The van der Waals surface area contributed by atoms with Gasteiger partial charge in [0.15, 0.2) is 0 Å². The second-order valence-electron chi connectivity index (χ2n) is 4.82. The maximum absolute atomic E-state index is 10.8. The molecular formula is C12H28BO3P. The smallest absolute Gasteiger partial charge is 0.268 e. The highest BCUT2D eigenvalue weighted by Crippen LogP contribution is 2.35. The van der Waals surface area contributed by atoms with Crippen molar-refractivity contribution in [3.8, 4) is 0 Å². The van der Waals surface area contributed by atoms with Crippen LogP contribution in [0.1, 0.15) is 71.1 Å². The van der Waals surface area contributed by atoms with E-state index in [-0.39, 0.29) is 0 Å². The molecule has 0 spiro atoms. The summed E-state index contributed by atoms with van der Waals surface area (Å²) in [5.41, 5.74) is 0. The number of rotatable bonds is 12. The SMILES string of the molecule is BP(=O)(O)OCCCCCCCCCCCC. The molecule has 1 unspecified atom stereocenters. The molecule has 5 heteroatoms. The zero-order valence-electron chi connectivity index (χ0n) is 11.5. The van der Waals surface area contributed by atoms with Crippen LogP contribution in [0.4, 0.5) is 0 Å². The van der Waals surface area contributed by atoms with Gasteiger partial charge in [-0.2, -0.15) is 0 Å². The largest absolute Gasteiger partial charge is 0.333 e. The summed E-state index contributed by atoms with van der Waals surface area (Å²) in [5, 5.41) is 0. The molecule has 0 bridgehead atoms. The third-order valence-electron chi connectivity index (χ3n) is 2.83. The second kappa shape index (κ2) is 11.3. The maximum atomic E-state index is 10.8. The summed E-state index contributed by atoms with van der Waals surface area (Å²) in [7, 11) is -2.00. The highest BCUT2D eigenvalue weighted by molar-refractivity contribution is 7.78. The van der Waals surface area contributed by atoms with E-state index in [1.807, 2.05) is 0 Å². The van der Waals surface area contributed by atoms with Crippen LogP contribution in [0.15, 0.2) is 0 Å². The van der Waals surface area contributed by atoms with E-state index in [1.165, 1.54) is 58.9 Å². The fraction of sp³-hybridized carbons (Fsp3) is 1.00.